The number of hydrogen-bond acceptors (Lipinski definition) is 7. The molecule has 4 aliphatic rings. The molecule has 0 aromatic heterocycles. The number of nitrogens with zero attached hydrogens (tertiary/aromatic N) is 2. The molecule has 0 radical (unpaired) electrons. The van der Waals surface area contributed by atoms with Crippen molar-refractivity contribution in [3.63, 3.8) is 0 Å². The second-order valence-electron chi connectivity index (χ2n) is 14.8. The second kappa shape index (κ2) is 13.4. The first-order valence-electron chi connectivity index (χ1n) is 18.4. The summed E-state index contributed by atoms with van der Waals surface area (Å²) in [6.07, 6.45) is 2.43. The van der Waals surface area contributed by atoms with Gasteiger partial charge in [-0.1, -0.05) is 93.8 Å². The van der Waals surface area contributed by atoms with E-state index in [1.54, 1.807) is 30.3 Å². The molecule has 1 saturated carbocycles. The molecule has 274 valence electrons. The fourth-order valence-corrected chi connectivity index (χ4v) is 9.86. The molecule has 55 heavy (non-hydrogen) atoms. The summed E-state index contributed by atoms with van der Waals surface area (Å²) in [5.74, 6) is -5.23. The van der Waals surface area contributed by atoms with Crippen LogP contribution in [-0.4, -0.2) is 33.7 Å². The molecule has 0 bridgehead atoms. The summed E-state index contributed by atoms with van der Waals surface area (Å²) >= 11 is 3.59. The van der Waals surface area contributed by atoms with Crippen LogP contribution >= 0.6 is 15.9 Å². The average molecular weight is 794 g/mol. The van der Waals surface area contributed by atoms with Gasteiger partial charge in [0.05, 0.1) is 34.5 Å². The molecule has 2 heterocycles. The lowest BCUT2D eigenvalue weighted by Crippen LogP contribution is -2.53. The normalized spacial score (nSPS) is 25.6. The molecule has 3 fully saturated rings. The van der Waals surface area contributed by atoms with Crippen LogP contribution in [0.25, 0.3) is 0 Å². The van der Waals surface area contributed by atoms with Gasteiger partial charge in [0.15, 0.2) is 0 Å². The highest BCUT2D eigenvalue weighted by Crippen LogP contribution is 2.65. The standard InChI is InChI=1S/C45H37BrN4O5/c1-26-12-15-31(16-13-26)48-50-42(53)37-25-35-33(40(36-24-28(46)14-23-38(36)51)45(37,44(50)55)27-8-4-2-5-9-27)21-22-34-39(35)43(54)49(41(34)52)32-19-17-30(18-20-32)47-29-10-6-3-7-11-29/h2-21,23-24,34-35,37,39-40,47-48,51H,22,25H2,1H3. The van der Waals surface area contributed by atoms with Crippen LogP contribution in [0.5, 0.6) is 5.75 Å². The number of nitrogens with one attached hydrogen (secondary N) is 2. The number of carbonyl (C=O) groups is 4. The van der Waals surface area contributed by atoms with Crippen molar-refractivity contribution in [2.45, 2.75) is 31.1 Å². The average Bonchev–Trinajstić information content (AvgIpc) is 3.58. The Morgan fingerprint density at radius 3 is 2.09 bits per heavy atom. The van der Waals surface area contributed by atoms with Gasteiger partial charge in [0.2, 0.25) is 11.8 Å². The number of para-hydroxylation sites is 1. The van der Waals surface area contributed by atoms with Gasteiger partial charge in [-0.05, 0) is 98.0 Å². The maximum absolute atomic E-state index is 15.3. The Morgan fingerprint density at radius 1 is 0.727 bits per heavy atom. The highest BCUT2D eigenvalue weighted by atomic mass is 79.9. The molecule has 6 unspecified atom stereocenters. The largest absolute Gasteiger partial charge is 0.508 e. The zero-order valence-electron chi connectivity index (χ0n) is 29.9. The minimum Gasteiger partial charge on any atom is -0.508 e. The molecule has 6 atom stereocenters. The molecule has 2 aliphatic carbocycles. The number of allylic oxidation sites excluding steroid dienone is 2. The molecule has 5 aromatic carbocycles. The minimum atomic E-state index is -1.48. The van der Waals surface area contributed by atoms with E-state index in [4.69, 9.17) is 0 Å². The van der Waals surface area contributed by atoms with Crippen LogP contribution in [0.4, 0.5) is 22.7 Å². The van der Waals surface area contributed by atoms with Gasteiger partial charge in [-0.15, -0.1) is 0 Å². The third-order valence-corrected chi connectivity index (χ3v) is 12.4. The number of phenolic OH excluding ortho intramolecular Hbond substituents is 1. The molecule has 9 nitrogen and oxygen atoms in total. The number of halogens is 1. The minimum absolute atomic E-state index is 0.0317. The fourth-order valence-electron chi connectivity index (χ4n) is 9.48. The van der Waals surface area contributed by atoms with Crippen LogP contribution in [0.3, 0.4) is 0 Å². The van der Waals surface area contributed by atoms with E-state index in [1.807, 2.05) is 110 Å². The van der Waals surface area contributed by atoms with Crippen molar-refractivity contribution < 1.29 is 24.3 Å². The number of aryl methyl sites for hydroxylation is 1. The summed E-state index contributed by atoms with van der Waals surface area (Å²) in [5.41, 5.74) is 7.31. The second-order valence-corrected chi connectivity index (χ2v) is 15.8. The number of amides is 4. The summed E-state index contributed by atoms with van der Waals surface area (Å²) < 4.78 is 0.686. The number of imide groups is 2. The SMILES string of the molecule is Cc1ccc(NN2C(=O)C3CC4C(=CCC5C(=O)N(c6ccc(Nc7ccccc7)cc6)C(=O)C54)C(c4cc(Br)ccc4O)C3(c3ccccc3)C2=O)cc1. The third-order valence-electron chi connectivity index (χ3n) is 11.9. The predicted molar refractivity (Wildman–Crippen MR) is 213 cm³/mol. The molecular formula is C45H37BrN4O5. The summed E-state index contributed by atoms with van der Waals surface area (Å²) in [6.45, 7) is 1.96. The van der Waals surface area contributed by atoms with Gasteiger partial charge in [0, 0.05) is 27.3 Å². The highest BCUT2D eigenvalue weighted by Gasteiger charge is 2.70. The zero-order chi connectivity index (χ0) is 38.0. The number of rotatable bonds is 7. The van der Waals surface area contributed by atoms with Crippen LogP contribution in [0, 0.1) is 30.6 Å². The zero-order valence-corrected chi connectivity index (χ0v) is 31.4. The Kier molecular flexibility index (Phi) is 8.46. The Bertz CT molecular complexity index is 2380. The number of phenols is 1. The van der Waals surface area contributed by atoms with Gasteiger partial charge in [0.25, 0.3) is 11.8 Å². The molecule has 2 aliphatic heterocycles. The van der Waals surface area contributed by atoms with E-state index in [9.17, 15) is 19.5 Å². The number of hydrogen-bond donors (Lipinski definition) is 3. The lowest BCUT2D eigenvalue weighted by Gasteiger charge is -2.50. The number of hydrazine groups is 1. The van der Waals surface area contributed by atoms with Gasteiger partial charge in [0.1, 0.15) is 5.75 Å². The number of benzene rings is 5. The molecule has 9 rings (SSSR count). The molecule has 10 heteroatoms. The molecular weight excluding hydrogens is 756 g/mol. The van der Waals surface area contributed by atoms with E-state index >= 15 is 4.79 Å². The summed E-state index contributed by atoms with van der Waals surface area (Å²) in [6, 6.07) is 38.8. The van der Waals surface area contributed by atoms with Gasteiger partial charge in [-0.25, -0.2) is 0 Å². The Balaban J connectivity index is 1.15. The molecule has 0 spiro atoms. The quantitative estimate of drug-likeness (QED) is 0.112. The summed E-state index contributed by atoms with van der Waals surface area (Å²) in [7, 11) is 0. The van der Waals surface area contributed by atoms with Crippen molar-refractivity contribution in [1.82, 2.24) is 5.01 Å². The topological polar surface area (TPSA) is 119 Å². The first-order chi connectivity index (χ1) is 26.7. The first-order valence-corrected chi connectivity index (χ1v) is 19.2. The van der Waals surface area contributed by atoms with Crippen LogP contribution in [-0.2, 0) is 24.6 Å². The van der Waals surface area contributed by atoms with Gasteiger partial charge in [-0.3, -0.25) is 29.5 Å². The number of carbonyl (C=O) groups excluding carboxylic acids is 4. The highest BCUT2D eigenvalue weighted by molar-refractivity contribution is 9.10. The predicted octanol–water partition coefficient (Wildman–Crippen LogP) is 8.40. The Labute approximate surface area is 326 Å². The fraction of sp³-hybridized carbons (Fsp3) is 0.200. The number of aromatic hydroxyl groups is 1. The van der Waals surface area contributed by atoms with Gasteiger partial charge >= 0.3 is 0 Å². The number of fused-ring (bicyclic) bond motifs is 4. The lowest BCUT2D eigenvalue weighted by atomic mass is 9.49. The molecule has 2 saturated heterocycles. The van der Waals surface area contributed by atoms with E-state index < -0.39 is 46.8 Å². The maximum Gasteiger partial charge on any atom is 0.260 e. The summed E-state index contributed by atoms with van der Waals surface area (Å²) in [5, 5.41) is 16.1. The Morgan fingerprint density at radius 2 is 1.38 bits per heavy atom. The van der Waals surface area contributed by atoms with Crippen LogP contribution in [0.15, 0.2) is 144 Å². The number of anilines is 4. The van der Waals surface area contributed by atoms with Gasteiger partial charge in [-0.2, -0.15) is 5.01 Å². The van der Waals surface area contributed by atoms with E-state index in [1.165, 1.54) is 4.90 Å². The maximum atomic E-state index is 15.3. The summed E-state index contributed by atoms with van der Waals surface area (Å²) in [4.78, 5) is 60.4. The van der Waals surface area contributed by atoms with Gasteiger partial charge < -0.3 is 10.4 Å². The Hall–Kier alpha value is -6.00. The van der Waals surface area contributed by atoms with Crippen LogP contribution in [0.2, 0.25) is 0 Å². The van der Waals surface area contributed by atoms with E-state index in [0.29, 0.717) is 27.0 Å². The van der Waals surface area contributed by atoms with Crippen molar-refractivity contribution in [3.8, 4) is 5.75 Å². The van der Waals surface area contributed by atoms with Crippen molar-refractivity contribution in [2.75, 3.05) is 15.6 Å². The van der Waals surface area contributed by atoms with Crippen LogP contribution in [0.1, 0.15) is 35.4 Å². The van der Waals surface area contributed by atoms with E-state index in [0.717, 1.165) is 27.5 Å². The van der Waals surface area contributed by atoms with Crippen molar-refractivity contribution >= 4 is 62.3 Å². The molecule has 3 N–H and O–H groups in total. The monoisotopic (exact) mass is 792 g/mol. The van der Waals surface area contributed by atoms with Crippen LogP contribution < -0.4 is 15.6 Å². The molecule has 5 aromatic rings. The molecule has 4 amide bonds. The lowest BCUT2D eigenvalue weighted by molar-refractivity contribution is -0.138. The smallest absolute Gasteiger partial charge is 0.260 e. The van der Waals surface area contributed by atoms with E-state index in [2.05, 4.69) is 26.7 Å². The van der Waals surface area contributed by atoms with Crippen molar-refractivity contribution in [2.24, 2.45) is 23.7 Å². The third kappa shape index (κ3) is 5.49. The van der Waals surface area contributed by atoms with Crippen molar-refractivity contribution in [3.05, 3.63) is 160 Å². The van der Waals surface area contributed by atoms with Crippen molar-refractivity contribution in [1.29, 1.82) is 0 Å². The van der Waals surface area contributed by atoms with E-state index in [-0.39, 0.29) is 30.4 Å². The first kappa shape index (κ1) is 34.7.